The number of hydrazone groups is 1. The molecule has 0 saturated carbocycles. The second-order valence-corrected chi connectivity index (χ2v) is 7.26. The fourth-order valence-electron chi connectivity index (χ4n) is 3.62. The summed E-state index contributed by atoms with van der Waals surface area (Å²) in [4.78, 5) is 28.6. The van der Waals surface area contributed by atoms with Crippen LogP contribution in [0, 0.1) is 0 Å². The molecule has 1 aliphatic rings. The van der Waals surface area contributed by atoms with Gasteiger partial charge in [-0.3, -0.25) is 9.80 Å². The summed E-state index contributed by atoms with van der Waals surface area (Å²) in [6.45, 7) is 4.20. The van der Waals surface area contributed by atoms with E-state index in [1.807, 2.05) is 15.8 Å². The monoisotopic (exact) mass is 413 g/mol. The molecular weight excluding hydrogens is 386 g/mol. The predicted octanol–water partition coefficient (Wildman–Crippen LogP) is 3.37. The number of methoxy groups -OCH3 is 1. The topological polar surface area (TPSA) is 109 Å². The molecule has 1 aliphatic heterocycles. The minimum absolute atomic E-state index is 0.0128. The third-order valence-corrected chi connectivity index (χ3v) is 5.18. The largest absolute Gasteiger partial charge is 0.497 e. The van der Waals surface area contributed by atoms with E-state index in [9.17, 15) is 14.7 Å². The van der Waals surface area contributed by atoms with Gasteiger partial charge in [-0.1, -0.05) is 13.3 Å². The molecule has 2 atom stereocenters. The second kappa shape index (κ2) is 9.43. The average molecular weight is 413 g/mol. The van der Waals surface area contributed by atoms with Crippen molar-refractivity contribution in [3.8, 4) is 5.75 Å². The molecule has 9 heteroatoms. The number of benzene rings is 1. The van der Waals surface area contributed by atoms with Gasteiger partial charge in [-0.05, 0) is 38.0 Å². The molecule has 0 bridgehead atoms. The summed E-state index contributed by atoms with van der Waals surface area (Å²) in [5.74, 6) is -1.14. The molecule has 0 aliphatic carbocycles. The maximum absolute atomic E-state index is 12.9. The molecule has 2 unspecified atom stereocenters. The number of carboxylic acids is 1. The van der Waals surface area contributed by atoms with E-state index in [-0.39, 0.29) is 23.5 Å². The van der Waals surface area contributed by atoms with Gasteiger partial charge in [0, 0.05) is 24.9 Å². The Morgan fingerprint density at radius 1 is 1.40 bits per heavy atom. The molecule has 3 rings (SSSR count). The molecule has 1 amide bonds. The summed E-state index contributed by atoms with van der Waals surface area (Å²) in [5, 5.41) is 18.8. The van der Waals surface area contributed by atoms with E-state index < -0.39 is 11.9 Å². The van der Waals surface area contributed by atoms with Crippen molar-refractivity contribution >= 4 is 23.3 Å². The number of carbonyl (C=O) groups excluding carboxylic acids is 1. The van der Waals surface area contributed by atoms with Crippen LogP contribution in [0.3, 0.4) is 0 Å². The Bertz CT molecular complexity index is 925. The van der Waals surface area contributed by atoms with Crippen molar-refractivity contribution in [1.29, 1.82) is 0 Å². The van der Waals surface area contributed by atoms with Crippen LogP contribution in [0.25, 0.3) is 0 Å². The van der Waals surface area contributed by atoms with E-state index in [2.05, 4.69) is 29.2 Å². The third-order valence-electron chi connectivity index (χ3n) is 5.18. The molecule has 30 heavy (non-hydrogen) atoms. The second-order valence-electron chi connectivity index (χ2n) is 7.26. The summed E-state index contributed by atoms with van der Waals surface area (Å²) >= 11 is 0. The van der Waals surface area contributed by atoms with Crippen molar-refractivity contribution in [2.24, 2.45) is 5.10 Å². The number of hydrogen-bond donors (Lipinski definition) is 2. The number of anilines is 1. The van der Waals surface area contributed by atoms with Gasteiger partial charge in [-0.2, -0.15) is 5.10 Å². The Balaban J connectivity index is 1.85. The fraction of sp³-hybridized carbons (Fsp3) is 0.429. The number of nitrogens with one attached hydrogen (secondary N) is 1. The number of amides is 1. The average Bonchev–Trinajstić information content (AvgIpc) is 3.28. The van der Waals surface area contributed by atoms with Crippen LogP contribution in [0.15, 0.2) is 42.0 Å². The molecule has 2 heterocycles. The van der Waals surface area contributed by atoms with E-state index in [1.165, 1.54) is 19.2 Å². The van der Waals surface area contributed by atoms with E-state index in [4.69, 9.17) is 4.74 Å². The van der Waals surface area contributed by atoms with Gasteiger partial charge in [0.25, 0.3) is 5.91 Å². The zero-order valence-corrected chi connectivity index (χ0v) is 17.4. The van der Waals surface area contributed by atoms with Crippen LogP contribution < -0.4 is 10.1 Å². The van der Waals surface area contributed by atoms with Crippen LogP contribution in [0.2, 0.25) is 0 Å². The first-order valence-corrected chi connectivity index (χ1v) is 10.0. The van der Waals surface area contributed by atoms with Crippen LogP contribution in [-0.2, 0) is 4.79 Å². The third kappa shape index (κ3) is 4.61. The molecule has 2 N–H and O–H groups in total. The van der Waals surface area contributed by atoms with E-state index in [0.717, 1.165) is 12.8 Å². The smallest absolute Gasteiger partial charge is 0.337 e. The van der Waals surface area contributed by atoms with Crippen LogP contribution in [0.4, 0.5) is 5.69 Å². The van der Waals surface area contributed by atoms with Crippen LogP contribution in [-0.4, -0.2) is 50.4 Å². The summed E-state index contributed by atoms with van der Waals surface area (Å²) in [5.41, 5.74) is 0.550. The SMILES string of the molecule is CCCC(C)N1N=C(C(=O)Nc2ccc(OC)cc2C(=O)O)CCC1n1ccnc1. The van der Waals surface area contributed by atoms with E-state index in [0.29, 0.717) is 24.3 Å². The molecular formula is C21H27N5O4. The lowest BCUT2D eigenvalue weighted by molar-refractivity contribution is -0.110. The van der Waals surface area contributed by atoms with Crippen molar-refractivity contribution in [3.63, 3.8) is 0 Å². The quantitative estimate of drug-likeness (QED) is 0.687. The number of ether oxygens (including phenoxy) is 1. The summed E-state index contributed by atoms with van der Waals surface area (Å²) in [6.07, 6.45) is 8.48. The fourth-order valence-corrected chi connectivity index (χ4v) is 3.62. The first kappa shape index (κ1) is 21.4. The van der Waals surface area contributed by atoms with Gasteiger partial charge in [-0.15, -0.1) is 0 Å². The molecule has 0 radical (unpaired) electrons. The minimum Gasteiger partial charge on any atom is -0.497 e. The Morgan fingerprint density at radius 2 is 2.20 bits per heavy atom. The van der Waals surface area contributed by atoms with Gasteiger partial charge < -0.3 is 19.7 Å². The highest BCUT2D eigenvalue weighted by atomic mass is 16.5. The lowest BCUT2D eigenvalue weighted by atomic mass is 10.1. The maximum Gasteiger partial charge on any atom is 0.337 e. The van der Waals surface area contributed by atoms with Crippen molar-refractivity contribution in [1.82, 2.24) is 14.6 Å². The van der Waals surface area contributed by atoms with Gasteiger partial charge in [0.1, 0.15) is 17.6 Å². The van der Waals surface area contributed by atoms with Crippen molar-refractivity contribution in [3.05, 3.63) is 42.5 Å². The normalized spacial score (nSPS) is 17.2. The molecule has 1 aromatic carbocycles. The predicted molar refractivity (Wildman–Crippen MR) is 113 cm³/mol. The van der Waals surface area contributed by atoms with Crippen molar-refractivity contribution in [2.45, 2.75) is 51.7 Å². The van der Waals surface area contributed by atoms with Gasteiger partial charge in [-0.25, -0.2) is 9.78 Å². The number of carboxylic acid groups (broad SMARTS) is 1. The molecule has 9 nitrogen and oxygen atoms in total. The van der Waals surface area contributed by atoms with Crippen molar-refractivity contribution < 1.29 is 19.4 Å². The first-order valence-electron chi connectivity index (χ1n) is 10.0. The van der Waals surface area contributed by atoms with Crippen LogP contribution >= 0.6 is 0 Å². The van der Waals surface area contributed by atoms with Crippen molar-refractivity contribution in [2.75, 3.05) is 12.4 Å². The molecule has 1 aromatic heterocycles. The standard InChI is InChI=1S/C21H27N5O4/c1-4-5-14(2)26-19(25-11-10-22-13-25)9-8-18(24-26)20(27)23-17-7-6-15(30-3)12-16(17)21(28)29/h6-7,10-14,19H,4-5,8-9H2,1-3H3,(H,23,27)(H,28,29). The Kier molecular flexibility index (Phi) is 6.71. The van der Waals surface area contributed by atoms with Crippen LogP contribution in [0.1, 0.15) is 56.1 Å². The van der Waals surface area contributed by atoms with Gasteiger partial charge in [0.15, 0.2) is 0 Å². The molecule has 2 aromatic rings. The number of aromatic carboxylic acids is 1. The van der Waals surface area contributed by atoms with Gasteiger partial charge >= 0.3 is 5.97 Å². The van der Waals surface area contributed by atoms with Gasteiger partial charge in [0.05, 0.1) is 24.7 Å². The zero-order valence-electron chi connectivity index (χ0n) is 17.4. The maximum atomic E-state index is 12.9. The Hall–Kier alpha value is -3.36. The number of rotatable bonds is 8. The Labute approximate surface area is 175 Å². The molecule has 160 valence electrons. The molecule has 0 spiro atoms. The zero-order chi connectivity index (χ0) is 21.7. The lowest BCUT2D eigenvalue weighted by Gasteiger charge is -2.38. The summed E-state index contributed by atoms with van der Waals surface area (Å²) in [7, 11) is 1.46. The number of carbonyl (C=O) groups is 2. The van der Waals surface area contributed by atoms with E-state index >= 15 is 0 Å². The number of nitrogens with zero attached hydrogens (tertiary/aromatic N) is 4. The number of aromatic nitrogens is 2. The van der Waals surface area contributed by atoms with E-state index in [1.54, 1.807) is 18.6 Å². The highest BCUT2D eigenvalue weighted by molar-refractivity contribution is 6.43. The minimum atomic E-state index is -1.15. The highest BCUT2D eigenvalue weighted by Gasteiger charge is 2.30. The first-order chi connectivity index (χ1) is 14.4. The summed E-state index contributed by atoms with van der Waals surface area (Å²) < 4.78 is 7.07. The lowest BCUT2D eigenvalue weighted by Crippen LogP contribution is -2.41. The van der Waals surface area contributed by atoms with Crippen LogP contribution in [0.5, 0.6) is 5.75 Å². The summed E-state index contributed by atoms with van der Waals surface area (Å²) in [6, 6.07) is 4.65. The molecule has 0 saturated heterocycles. The number of imidazole rings is 1. The highest BCUT2D eigenvalue weighted by Crippen LogP contribution is 2.29. The Morgan fingerprint density at radius 3 is 2.83 bits per heavy atom. The number of hydrogen-bond acceptors (Lipinski definition) is 6. The van der Waals surface area contributed by atoms with Gasteiger partial charge in [0.2, 0.25) is 0 Å². The molecule has 0 fully saturated rings.